The summed E-state index contributed by atoms with van der Waals surface area (Å²) in [6, 6.07) is 0.508. The summed E-state index contributed by atoms with van der Waals surface area (Å²) >= 11 is 2.51. The van der Waals surface area contributed by atoms with Gasteiger partial charge in [0.2, 0.25) is 0 Å². The van der Waals surface area contributed by atoms with Crippen LogP contribution in [0.25, 0.3) is 0 Å². The van der Waals surface area contributed by atoms with Crippen LogP contribution in [0.15, 0.2) is 10.5 Å². The van der Waals surface area contributed by atoms with Crippen molar-refractivity contribution in [3.05, 3.63) is 33.6 Å². The van der Waals surface area contributed by atoms with E-state index in [1.54, 1.807) is 0 Å². The molecule has 2 nitrogen and oxygen atoms in total. The number of halogens is 4. The predicted octanol–water partition coefficient (Wildman–Crippen LogP) is 2.23. The van der Waals surface area contributed by atoms with Crippen molar-refractivity contribution >= 4 is 21.8 Å². The lowest BCUT2D eigenvalue weighted by molar-refractivity contribution is 0.0958. The lowest BCUT2D eigenvalue weighted by Crippen LogP contribution is -2.20. The summed E-state index contributed by atoms with van der Waals surface area (Å²) < 4.78 is 38.0. The maximum Gasteiger partial charge on any atom is 0.254 e. The van der Waals surface area contributed by atoms with Gasteiger partial charge in [-0.25, -0.2) is 13.2 Å². The standard InChI is InChI=1S/C8H5BrF3NO/c1-13-8(14)3-2-4(10)7(12)5(9)6(3)11/h2H,1H3,(H,13,14). The fourth-order valence-corrected chi connectivity index (χ4v) is 1.28. The topological polar surface area (TPSA) is 29.1 Å². The second-order valence-electron chi connectivity index (χ2n) is 2.43. The smallest absolute Gasteiger partial charge is 0.254 e. The highest BCUT2D eigenvalue weighted by Gasteiger charge is 2.20. The van der Waals surface area contributed by atoms with E-state index in [9.17, 15) is 18.0 Å². The first kappa shape index (κ1) is 11.0. The first-order valence-electron chi connectivity index (χ1n) is 3.54. The fourth-order valence-electron chi connectivity index (χ4n) is 0.873. The molecule has 0 fully saturated rings. The minimum atomic E-state index is -1.35. The molecular weight excluding hydrogens is 263 g/mol. The van der Waals surface area contributed by atoms with E-state index in [1.807, 2.05) is 0 Å². The van der Waals surface area contributed by atoms with Crippen molar-refractivity contribution < 1.29 is 18.0 Å². The van der Waals surface area contributed by atoms with E-state index in [4.69, 9.17) is 0 Å². The second kappa shape index (κ2) is 4.00. The van der Waals surface area contributed by atoms with Crippen molar-refractivity contribution in [3.8, 4) is 0 Å². The van der Waals surface area contributed by atoms with E-state index in [0.717, 1.165) is 0 Å². The van der Waals surface area contributed by atoms with Gasteiger partial charge in [0.15, 0.2) is 17.5 Å². The third-order valence-corrected chi connectivity index (χ3v) is 2.27. The molecule has 1 amide bonds. The van der Waals surface area contributed by atoms with Gasteiger partial charge in [-0.2, -0.15) is 0 Å². The van der Waals surface area contributed by atoms with E-state index >= 15 is 0 Å². The number of nitrogens with one attached hydrogen (secondary N) is 1. The molecule has 0 saturated carbocycles. The van der Waals surface area contributed by atoms with Gasteiger partial charge in [-0.15, -0.1) is 0 Å². The monoisotopic (exact) mass is 267 g/mol. The number of benzene rings is 1. The van der Waals surface area contributed by atoms with E-state index in [-0.39, 0.29) is 0 Å². The van der Waals surface area contributed by atoms with Gasteiger partial charge in [0.05, 0.1) is 10.0 Å². The van der Waals surface area contributed by atoms with Crippen LogP contribution in [0, 0.1) is 17.5 Å². The van der Waals surface area contributed by atoms with Crippen molar-refractivity contribution in [3.63, 3.8) is 0 Å². The molecule has 6 heteroatoms. The predicted molar refractivity (Wildman–Crippen MR) is 47.4 cm³/mol. The molecule has 0 aliphatic heterocycles. The van der Waals surface area contributed by atoms with Crippen LogP contribution in [-0.2, 0) is 0 Å². The highest BCUT2D eigenvalue weighted by molar-refractivity contribution is 9.10. The fraction of sp³-hybridized carbons (Fsp3) is 0.125. The van der Waals surface area contributed by atoms with Crippen LogP contribution in [0.2, 0.25) is 0 Å². The van der Waals surface area contributed by atoms with E-state index in [2.05, 4.69) is 21.2 Å². The Labute approximate surface area is 86.2 Å². The van der Waals surface area contributed by atoms with Gasteiger partial charge < -0.3 is 5.32 Å². The highest BCUT2D eigenvalue weighted by atomic mass is 79.9. The normalized spacial score (nSPS) is 10.1. The molecule has 76 valence electrons. The largest absolute Gasteiger partial charge is 0.355 e. The van der Waals surface area contributed by atoms with Crippen LogP contribution in [-0.4, -0.2) is 13.0 Å². The lowest BCUT2D eigenvalue weighted by Gasteiger charge is -2.04. The van der Waals surface area contributed by atoms with Crippen LogP contribution >= 0.6 is 15.9 Å². The number of hydrogen-bond acceptors (Lipinski definition) is 1. The third kappa shape index (κ3) is 1.75. The van der Waals surface area contributed by atoms with Crippen LogP contribution in [0.3, 0.4) is 0 Å². The summed E-state index contributed by atoms with van der Waals surface area (Å²) in [7, 11) is 1.26. The molecule has 0 heterocycles. The van der Waals surface area contributed by atoms with Gasteiger partial charge in [-0.1, -0.05) is 0 Å². The zero-order valence-corrected chi connectivity index (χ0v) is 8.58. The van der Waals surface area contributed by atoms with E-state index in [1.165, 1.54) is 7.05 Å². The molecule has 0 bridgehead atoms. The Hall–Kier alpha value is -1.04. The summed E-state index contributed by atoms with van der Waals surface area (Å²) in [5.41, 5.74) is -0.543. The number of carbonyl (C=O) groups is 1. The molecule has 0 unspecified atom stereocenters. The molecule has 0 radical (unpaired) electrons. The SMILES string of the molecule is CNC(=O)c1cc(F)c(F)c(Br)c1F. The number of amides is 1. The molecule has 0 saturated heterocycles. The Morgan fingerprint density at radius 3 is 2.43 bits per heavy atom. The summed E-state index contributed by atoms with van der Waals surface area (Å²) in [6.45, 7) is 0. The summed E-state index contributed by atoms with van der Waals surface area (Å²) in [6.07, 6.45) is 0. The molecule has 0 aromatic heterocycles. The first-order chi connectivity index (χ1) is 6.49. The molecule has 0 aliphatic carbocycles. The Morgan fingerprint density at radius 1 is 1.36 bits per heavy atom. The molecular formula is C8H5BrF3NO. The first-order valence-corrected chi connectivity index (χ1v) is 4.33. The summed E-state index contributed by atoms with van der Waals surface area (Å²) in [5, 5.41) is 2.11. The average molecular weight is 268 g/mol. The Bertz CT molecular complexity index is 395. The molecule has 1 aromatic rings. The molecule has 1 N–H and O–H groups in total. The third-order valence-electron chi connectivity index (χ3n) is 1.57. The van der Waals surface area contributed by atoms with E-state index < -0.39 is 33.4 Å². The molecule has 14 heavy (non-hydrogen) atoms. The molecule has 1 rings (SSSR count). The van der Waals surface area contributed by atoms with Crippen molar-refractivity contribution in [2.24, 2.45) is 0 Å². The maximum atomic E-state index is 13.2. The molecule has 0 aliphatic rings. The summed E-state index contributed by atoms with van der Waals surface area (Å²) in [4.78, 5) is 11.0. The van der Waals surface area contributed by atoms with Gasteiger partial charge in [-0.3, -0.25) is 4.79 Å². The molecule has 0 spiro atoms. The van der Waals surface area contributed by atoms with Crippen LogP contribution in [0.5, 0.6) is 0 Å². The minimum Gasteiger partial charge on any atom is -0.355 e. The van der Waals surface area contributed by atoms with E-state index in [0.29, 0.717) is 6.07 Å². The van der Waals surface area contributed by atoms with Crippen LogP contribution in [0.1, 0.15) is 10.4 Å². The Morgan fingerprint density at radius 2 is 1.93 bits per heavy atom. The number of carbonyl (C=O) groups excluding carboxylic acids is 1. The van der Waals surface area contributed by atoms with Gasteiger partial charge in [0.1, 0.15) is 0 Å². The van der Waals surface area contributed by atoms with Crippen molar-refractivity contribution in [1.82, 2.24) is 5.32 Å². The zero-order valence-electron chi connectivity index (χ0n) is 7.00. The molecule has 1 aromatic carbocycles. The zero-order chi connectivity index (χ0) is 10.9. The van der Waals surface area contributed by atoms with Gasteiger partial charge in [0.25, 0.3) is 5.91 Å². The lowest BCUT2D eigenvalue weighted by atomic mass is 10.2. The minimum absolute atomic E-state index is 0.508. The quantitative estimate of drug-likeness (QED) is 0.614. The van der Waals surface area contributed by atoms with Crippen molar-refractivity contribution in [2.45, 2.75) is 0 Å². The number of rotatable bonds is 1. The second-order valence-corrected chi connectivity index (χ2v) is 3.22. The van der Waals surface area contributed by atoms with Crippen LogP contribution < -0.4 is 5.32 Å². The highest BCUT2D eigenvalue weighted by Crippen LogP contribution is 2.24. The van der Waals surface area contributed by atoms with Crippen LogP contribution in [0.4, 0.5) is 13.2 Å². The average Bonchev–Trinajstić information content (AvgIpc) is 2.19. The maximum absolute atomic E-state index is 13.2. The number of hydrogen-bond donors (Lipinski definition) is 1. The summed E-state index contributed by atoms with van der Waals surface area (Å²) in [5.74, 6) is -4.57. The molecule has 0 atom stereocenters. The van der Waals surface area contributed by atoms with Gasteiger partial charge in [-0.05, 0) is 22.0 Å². The van der Waals surface area contributed by atoms with Crippen molar-refractivity contribution in [1.29, 1.82) is 0 Å². The Kier molecular flexibility index (Phi) is 3.15. The van der Waals surface area contributed by atoms with Gasteiger partial charge in [0, 0.05) is 7.05 Å². The van der Waals surface area contributed by atoms with Gasteiger partial charge >= 0.3 is 0 Å². The van der Waals surface area contributed by atoms with Crippen molar-refractivity contribution in [2.75, 3.05) is 7.05 Å². The Balaban J connectivity index is 3.40.